The Morgan fingerprint density at radius 1 is 1.04 bits per heavy atom. The topological polar surface area (TPSA) is 70.9 Å². The monoisotopic (exact) mass is 381 g/mol. The number of fused-ring (bicyclic) bond motifs is 1. The summed E-state index contributed by atoms with van der Waals surface area (Å²) >= 11 is 0. The van der Waals surface area contributed by atoms with Crippen LogP contribution in [-0.4, -0.2) is 50.8 Å². The van der Waals surface area contributed by atoms with Crippen molar-refractivity contribution >= 4 is 22.8 Å². The van der Waals surface area contributed by atoms with Crippen LogP contribution in [0.25, 0.3) is 11.0 Å². The number of nitrogens with zero attached hydrogens (tertiary/aromatic N) is 5. The van der Waals surface area contributed by atoms with Gasteiger partial charge in [-0.1, -0.05) is 43.7 Å². The highest BCUT2D eigenvalue weighted by Crippen LogP contribution is 2.22. The number of rotatable bonds is 10. The molecule has 0 radical (unpaired) electrons. The van der Waals surface area contributed by atoms with Crippen LogP contribution in [0.2, 0.25) is 0 Å². The molecule has 0 fully saturated rings. The van der Waals surface area contributed by atoms with Crippen molar-refractivity contribution in [1.82, 2.24) is 24.6 Å². The Hall–Kier alpha value is -2.67. The molecule has 2 aromatic heterocycles. The van der Waals surface area contributed by atoms with E-state index in [1.54, 1.807) is 4.68 Å². The van der Waals surface area contributed by atoms with Crippen LogP contribution in [0, 0.1) is 6.92 Å². The van der Waals surface area contributed by atoms with Gasteiger partial charge in [0.15, 0.2) is 5.65 Å². The van der Waals surface area contributed by atoms with E-state index < -0.39 is 0 Å². The highest BCUT2D eigenvalue weighted by molar-refractivity contribution is 5.87. The molecule has 7 heteroatoms. The molecule has 0 aliphatic heterocycles. The van der Waals surface area contributed by atoms with Crippen LogP contribution in [0.1, 0.15) is 31.4 Å². The Morgan fingerprint density at radius 2 is 1.82 bits per heavy atom. The molecule has 28 heavy (non-hydrogen) atoms. The third-order valence-electron chi connectivity index (χ3n) is 4.87. The largest absolute Gasteiger partial charge is 0.365 e. The van der Waals surface area contributed by atoms with Gasteiger partial charge in [0.1, 0.15) is 5.82 Å². The third kappa shape index (κ3) is 4.98. The summed E-state index contributed by atoms with van der Waals surface area (Å²) < 4.78 is 1.79. The quantitative estimate of drug-likeness (QED) is 0.561. The normalized spacial score (nSPS) is 11.3. The second-order valence-electron chi connectivity index (χ2n) is 7.10. The van der Waals surface area contributed by atoms with Crippen molar-refractivity contribution in [3.8, 4) is 0 Å². The smallest absolute Gasteiger partial charge is 0.226 e. The summed E-state index contributed by atoms with van der Waals surface area (Å²) in [4.78, 5) is 11.8. The molecule has 0 amide bonds. The fourth-order valence-corrected chi connectivity index (χ4v) is 3.20. The van der Waals surface area contributed by atoms with Gasteiger partial charge in [-0.3, -0.25) is 4.68 Å². The minimum Gasteiger partial charge on any atom is -0.365 e. The molecule has 0 saturated heterocycles. The Kier molecular flexibility index (Phi) is 6.81. The van der Waals surface area contributed by atoms with Crippen molar-refractivity contribution in [3.63, 3.8) is 0 Å². The molecular weight excluding hydrogens is 350 g/mol. The van der Waals surface area contributed by atoms with Crippen LogP contribution in [0.4, 0.5) is 11.8 Å². The summed E-state index contributed by atoms with van der Waals surface area (Å²) in [6.07, 6.45) is 2.98. The summed E-state index contributed by atoms with van der Waals surface area (Å²) in [6, 6.07) is 8.52. The molecule has 1 aromatic carbocycles. The zero-order valence-electron chi connectivity index (χ0n) is 17.4. The van der Waals surface area contributed by atoms with E-state index in [0.717, 1.165) is 43.0 Å². The van der Waals surface area contributed by atoms with E-state index in [9.17, 15) is 0 Å². The van der Waals surface area contributed by atoms with Crippen molar-refractivity contribution < 1.29 is 0 Å². The van der Waals surface area contributed by atoms with Crippen molar-refractivity contribution in [3.05, 3.63) is 41.6 Å². The van der Waals surface area contributed by atoms with Gasteiger partial charge in [0, 0.05) is 26.7 Å². The van der Waals surface area contributed by atoms with Crippen LogP contribution >= 0.6 is 0 Å². The van der Waals surface area contributed by atoms with Crippen LogP contribution in [0.3, 0.4) is 0 Å². The third-order valence-corrected chi connectivity index (χ3v) is 4.87. The molecule has 0 spiro atoms. The van der Waals surface area contributed by atoms with Gasteiger partial charge in [-0.05, 0) is 32.0 Å². The Balaban J connectivity index is 1.72. The van der Waals surface area contributed by atoms with Crippen LogP contribution in [0.15, 0.2) is 30.5 Å². The molecule has 3 rings (SSSR count). The first-order valence-corrected chi connectivity index (χ1v) is 10.1. The van der Waals surface area contributed by atoms with E-state index in [-0.39, 0.29) is 0 Å². The molecule has 0 aliphatic rings. The van der Waals surface area contributed by atoms with Gasteiger partial charge in [-0.25, -0.2) is 0 Å². The summed E-state index contributed by atoms with van der Waals surface area (Å²) in [6.45, 7) is 11.2. The summed E-state index contributed by atoms with van der Waals surface area (Å²) in [5.41, 5.74) is 3.30. The fraction of sp³-hybridized carbons (Fsp3) is 0.476. The number of likely N-dealkylation sites (N-methyl/N-ethyl adjacent to an activating group) is 1. The molecule has 150 valence electrons. The van der Waals surface area contributed by atoms with E-state index in [1.165, 1.54) is 17.5 Å². The van der Waals surface area contributed by atoms with Crippen molar-refractivity contribution in [2.24, 2.45) is 7.05 Å². The molecular formula is C21H31N7. The summed E-state index contributed by atoms with van der Waals surface area (Å²) in [7, 11) is 1.91. The zero-order chi connectivity index (χ0) is 19.9. The lowest BCUT2D eigenvalue weighted by atomic mass is 10.1. The Morgan fingerprint density at radius 3 is 2.54 bits per heavy atom. The number of hydrogen-bond acceptors (Lipinski definition) is 6. The predicted molar refractivity (Wildman–Crippen MR) is 116 cm³/mol. The number of nitrogens with one attached hydrogen (secondary N) is 2. The summed E-state index contributed by atoms with van der Waals surface area (Å²) in [5, 5.41) is 12.1. The maximum absolute atomic E-state index is 4.71. The van der Waals surface area contributed by atoms with E-state index in [0.29, 0.717) is 12.5 Å². The van der Waals surface area contributed by atoms with E-state index in [2.05, 4.69) is 70.7 Å². The minimum absolute atomic E-state index is 0.634. The minimum atomic E-state index is 0.634. The Bertz CT molecular complexity index is 886. The first-order valence-electron chi connectivity index (χ1n) is 10.1. The zero-order valence-corrected chi connectivity index (χ0v) is 17.4. The maximum Gasteiger partial charge on any atom is 0.226 e. The van der Waals surface area contributed by atoms with E-state index in [4.69, 9.17) is 4.98 Å². The SMILES string of the molecule is CCCN(CC)CCNc1nc(NCc2ccc(C)cc2)c2cnn(C)c2n1. The number of anilines is 2. The highest BCUT2D eigenvalue weighted by atomic mass is 15.3. The van der Waals surface area contributed by atoms with Crippen molar-refractivity contribution in [2.45, 2.75) is 33.7 Å². The lowest BCUT2D eigenvalue weighted by Gasteiger charge is -2.19. The molecule has 7 nitrogen and oxygen atoms in total. The molecule has 0 aliphatic carbocycles. The van der Waals surface area contributed by atoms with Gasteiger partial charge in [-0.15, -0.1) is 0 Å². The number of hydrogen-bond donors (Lipinski definition) is 2. The average molecular weight is 382 g/mol. The van der Waals surface area contributed by atoms with Gasteiger partial charge in [0.2, 0.25) is 5.95 Å². The number of aryl methyl sites for hydroxylation is 2. The average Bonchev–Trinajstić information content (AvgIpc) is 3.08. The molecule has 0 atom stereocenters. The van der Waals surface area contributed by atoms with E-state index >= 15 is 0 Å². The van der Waals surface area contributed by atoms with Crippen molar-refractivity contribution in [1.29, 1.82) is 0 Å². The van der Waals surface area contributed by atoms with Gasteiger partial charge in [0.25, 0.3) is 0 Å². The predicted octanol–water partition coefficient (Wildman–Crippen LogP) is 3.43. The fourth-order valence-electron chi connectivity index (χ4n) is 3.20. The lowest BCUT2D eigenvalue weighted by molar-refractivity contribution is 0.300. The lowest BCUT2D eigenvalue weighted by Crippen LogP contribution is -2.30. The van der Waals surface area contributed by atoms with Crippen LogP contribution in [0.5, 0.6) is 0 Å². The van der Waals surface area contributed by atoms with Crippen LogP contribution in [-0.2, 0) is 13.6 Å². The van der Waals surface area contributed by atoms with Gasteiger partial charge in [0.05, 0.1) is 11.6 Å². The second-order valence-corrected chi connectivity index (χ2v) is 7.10. The first kappa shape index (κ1) is 20.1. The number of benzene rings is 1. The number of aromatic nitrogens is 4. The van der Waals surface area contributed by atoms with Gasteiger partial charge >= 0.3 is 0 Å². The van der Waals surface area contributed by atoms with Crippen LogP contribution < -0.4 is 10.6 Å². The van der Waals surface area contributed by atoms with Crippen molar-refractivity contribution in [2.75, 3.05) is 36.8 Å². The Labute approximate surface area is 167 Å². The molecule has 0 bridgehead atoms. The van der Waals surface area contributed by atoms with E-state index in [1.807, 2.05) is 13.2 Å². The molecule has 0 unspecified atom stereocenters. The molecule has 2 N–H and O–H groups in total. The van der Waals surface area contributed by atoms with Gasteiger partial charge in [-0.2, -0.15) is 15.1 Å². The highest BCUT2D eigenvalue weighted by Gasteiger charge is 2.12. The molecule has 2 heterocycles. The van der Waals surface area contributed by atoms with Gasteiger partial charge < -0.3 is 15.5 Å². The molecule has 3 aromatic rings. The summed E-state index contributed by atoms with van der Waals surface area (Å²) in [5.74, 6) is 1.44. The standard InChI is InChI=1S/C21H31N7/c1-5-12-28(6-2)13-11-22-21-25-19(18-15-24-27(4)20(18)26-21)23-14-17-9-7-16(3)8-10-17/h7-10,15H,5-6,11-14H2,1-4H3,(H2,22,23,25,26). The second kappa shape index (κ2) is 9.50. The first-order chi connectivity index (χ1) is 13.6. The maximum atomic E-state index is 4.71. The molecule has 0 saturated carbocycles.